The first-order valence-corrected chi connectivity index (χ1v) is 4.36. The topological polar surface area (TPSA) is 0 Å². The van der Waals surface area contributed by atoms with Crippen LogP contribution in [0, 0.1) is 0 Å². The number of hydrogen-bond donors (Lipinski definition) is 0. The molecule has 0 aromatic carbocycles. The second-order valence-electron chi connectivity index (χ2n) is 2.48. The standard InChI is InChI=1S/C11H18/c1-3-5-7-9-11-10-8-6-4-2/h3,5,7,9-11H,4,6,8H2,1-2H3/b5-3+,9-7-,11-10+. The summed E-state index contributed by atoms with van der Waals surface area (Å²) in [7, 11) is 0. The number of allylic oxidation sites excluding steroid dienone is 6. The predicted molar refractivity (Wildman–Crippen MR) is 52.6 cm³/mol. The number of rotatable bonds is 5. The summed E-state index contributed by atoms with van der Waals surface area (Å²) in [6, 6.07) is 0. The third kappa shape index (κ3) is 9.22. The molecule has 0 heteroatoms. The van der Waals surface area contributed by atoms with Crippen LogP contribution in [-0.2, 0) is 0 Å². The smallest absolute Gasteiger partial charge is 0.0348 e. The fourth-order valence-electron chi connectivity index (χ4n) is 0.736. The Kier molecular flexibility index (Phi) is 8.57. The largest absolute Gasteiger partial charge is 0.0877 e. The minimum absolute atomic E-state index is 1.21. The average molecular weight is 150 g/mol. The third-order valence-corrected chi connectivity index (χ3v) is 1.39. The molecule has 0 aliphatic heterocycles. The third-order valence-electron chi connectivity index (χ3n) is 1.39. The van der Waals surface area contributed by atoms with E-state index in [0.29, 0.717) is 0 Å². The lowest BCUT2D eigenvalue weighted by Crippen LogP contribution is -1.64. The Hall–Kier alpha value is -0.780. The van der Waals surface area contributed by atoms with Crippen molar-refractivity contribution in [1.29, 1.82) is 0 Å². The summed E-state index contributed by atoms with van der Waals surface area (Å²) in [5.74, 6) is 0. The molecule has 0 atom stereocenters. The maximum absolute atomic E-state index is 2.21. The Labute approximate surface area is 70.3 Å². The normalized spacial score (nSPS) is 12.5. The van der Waals surface area contributed by atoms with Gasteiger partial charge >= 0.3 is 0 Å². The highest BCUT2D eigenvalue weighted by atomic mass is 13.8. The van der Waals surface area contributed by atoms with Crippen molar-refractivity contribution in [2.24, 2.45) is 0 Å². The minimum Gasteiger partial charge on any atom is -0.0877 e. The molecule has 0 saturated carbocycles. The molecule has 0 radical (unpaired) electrons. The summed E-state index contributed by atoms with van der Waals surface area (Å²) in [6.45, 7) is 4.23. The van der Waals surface area contributed by atoms with Crippen molar-refractivity contribution >= 4 is 0 Å². The van der Waals surface area contributed by atoms with Crippen LogP contribution in [0.25, 0.3) is 0 Å². The second-order valence-corrected chi connectivity index (χ2v) is 2.48. The molecule has 0 aromatic heterocycles. The molecule has 0 amide bonds. The zero-order valence-corrected chi connectivity index (χ0v) is 7.59. The van der Waals surface area contributed by atoms with Crippen LogP contribution in [-0.4, -0.2) is 0 Å². The highest BCUT2D eigenvalue weighted by Crippen LogP contribution is 1.94. The highest BCUT2D eigenvalue weighted by molar-refractivity contribution is 5.10. The SMILES string of the molecule is C/C=C/C=C\C=C\CCCC. The molecule has 0 unspecified atom stereocenters. The first kappa shape index (κ1) is 10.2. The Morgan fingerprint density at radius 1 is 1.00 bits per heavy atom. The summed E-state index contributed by atoms with van der Waals surface area (Å²) in [5, 5.41) is 0. The van der Waals surface area contributed by atoms with Crippen molar-refractivity contribution < 1.29 is 0 Å². The van der Waals surface area contributed by atoms with Crippen molar-refractivity contribution in [2.75, 3.05) is 0 Å². The fourth-order valence-corrected chi connectivity index (χ4v) is 0.736. The van der Waals surface area contributed by atoms with E-state index in [1.807, 2.05) is 25.2 Å². The maximum Gasteiger partial charge on any atom is -0.0348 e. The van der Waals surface area contributed by atoms with Gasteiger partial charge in [-0.25, -0.2) is 0 Å². The average Bonchev–Trinajstić information content (AvgIpc) is 2.03. The molecule has 62 valence electrons. The first-order chi connectivity index (χ1) is 5.41. The Morgan fingerprint density at radius 2 is 1.73 bits per heavy atom. The lowest BCUT2D eigenvalue weighted by Gasteiger charge is -1.84. The highest BCUT2D eigenvalue weighted by Gasteiger charge is 1.74. The van der Waals surface area contributed by atoms with E-state index in [4.69, 9.17) is 0 Å². The lowest BCUT2D eigenvalue weighted by atomic mass is 10.2. The summed E-state index contributed by atoms with van der Waals surface area (Å²) in [5.41, 5.74) is 0. The number of unbranched alkanes of at least 4 members (excludes halogenated alkanes) is 2. The van der Waals surface area contributed by atoms with Gasteiger partial charge in [-0.2, -0.15) is 0 Å². The predicted octanol–water partition coefficient (Wildman–Crippen LogP) is 3.87. The van der Waals surface area contributed by atoms with Gasteiger partial charge in [-0.1, -0.05) is 56.2 Å². The Balaban J connectivity index is 3.28. The van der Waals surface area contributed by atoms with Gasteiger partial charge in [-0.3, -0.25) is 0 Å². The Morgan fingerprint density at radius 3 is 2.36 bits per heavy atom. The lowest BCUT2D eigenvalue weighted by molar-refractivity contribution is 0.815. The van der Waals surface area contributed by atoms with E-state index in [1.54, 1.807) is 0 Å². The summed E-state index contributed by atoms with van der Waals surface area (Å²) >= 11 is 0. The molecule has 0 nitrogen and oxygen atoms in total. The van der Waals surface area contributed by atoms with Gasteiger partial charge in [-0.05, 0) is 13.3 Å². The van der Waals surface area contributed by atoms with E-state index >= 15 is 0 Å². The van der Waals surface area contributed by atoms with Crippen molar-refractivity contribution in [1.82, 2.24) is 0 Å². The van der Waals surface area contributed by atoms with Crippen molar-refractivity contribution in [3.05, 3.63) is 36.5 Å². The molecule has 0 rings (SSSR count). The van der Waals surface area contributed by atoms with Crippen LogP contribution in [0.15, 0.2) is 36.5 Å². The molecule has 0 saturated heterocycles. The van der Waals surface area contributed by atoms with Crippen LogP contribution < -0.4 is 0 Å². The van der Waals surface area contributed by atoms with Crippen molar-refractivity contribution in [3.63, 3.8) is 0 Å². The van der Waals surface area contributed by atoms with Gasteiger partial charge < -0.3 is 0 Å². The van der Waals surface area contributed by atoms with Gasteiger partial charge in [0, 0.05) is 0 Å². The van der Waals surface area contributed by atoms with Crippen LogP contribution in [0.2, 0.25) is 0 Å². The van der Waals surface area contributed by atoms with Gasteiger partial charge in [0.25, 0.3) is 0 Å². The minimum atomic E-state index is 1.21. The van der Waals surface area contributed by atoms with Crippen LogP contribution in [0.1, 0.15) is 33.1 Å². The van der Waals surface area contributed by atoms with Crippen molar-refractivity contribution in [2.45, 2.75) is 33.1 Å². The molecule has 11 heavy (non-hydrogen) atoms. The van der Waals surface area contributed by atoms with Crippen LogP contribution in [0.3, 0.4) is 0 Å². The van der Waals surface area contributed by atoms with Crippen LogP contribution >= 0.6 is 0 Å². The van der Waals surface area contributed by atoms with Gasteiger partial charge in [0.15, 0.2) is 0 Å². The molecule has 0 aromatic rings. The van der Waals surface area contributed by atoms with E-state index in [-0.39, 0.29) is 0 Å². The molecule has 0 N–H and O–H groups in total. The quantitative estimate of drug-likeness (QED) is 0.412. The van der Waals surface area contributed by atoms with Gasteiger partial charge in [0.05, 0.1) is 0 Å². The summed E-state index contributed by atoms with van der Waals surface area (Å²) in [6.07, 6.45) is 16.3. The molecular formula is C11H18. The first-order valence-electron chi connectivity index (χ1n) is 4.36. The molecule has 0 spiro atoms. The van der Waals surface area contributed by atoms with E-state index < -0.39 is 0 Å². The molecule has 0 aliphatic rings. The van der Waals surface area contributed by atoms with E-state index in [9.17, 15) is 0 Å². The summed E-state index contributed by atoms with van der Waals surface area (Å²) < 4.78 is 0. The molecule has 0 aliphatic carbocycles. The maximum atomic E-state index is 2.21. The van der Waals surface area contributed by atoms with Gasteiger partial charge in [-0.15, -0.1) is 0 Å². The van der Waals surface area contributed by atoms with E-state index in [1.165, 1.54) is 19.3 Å². The van der Waals surface area contributed by atoms with Gasteiger partial charge in [0.1, 0.15) is 0 Å². The Bertz CT molecular complexity index is 138. The van der Waals surface area contributed by atoms with Gasteiger partial charge in [0.2, 0.25) is 0 Å². The molecule has 0 fully saturated rings. The zero-order valence-electron chi connectivity index (χ0n) is 7.59. The molecular weight excluding hydrogens is 132 g/mol. The number of hydrogen-bond acceptors (Lipinski definition) is 0. The van der Waals surface area contributed by atoms with Crippen LogP contribution in [0.5, 0.6) is 0 Å². The van der Waals surface area contributed by atoms with Crippen LogP contribution in [0.4, 0.5) is 0 Å². The van der Waals surface area contributed by atoms with Crippen molar-refractivity contribution in [3.8, 4) is 0 Å². The summed E-state index contributed by atoms with van der Waals surface area (Å²) in [4.78, 5) is 0. The molecule has 0 bridgehead atoms. The second kappa shape index (κ2) is 9.22. The fraction of sp³-hybridized carbons (Fsp3) is 0.455. The monoisotopic (exact) mass is 150 g/mol. The van der Waals surface area contributed by atoms with E-state index in [2.05, 4.69) is 25.2 Å². The van der Waals surface area contributed by atoms with E-state index in [0.717, 1.165) is 0 Å². The molecule has 0 heterocycles. The zero-order chi connectivity index (χ0) is 8.36.